The van der Waals surface area contributed by atoms with Crippen LogP contribution in [0.15, 0.2) is 126 Å². The van der Waals surface area contributed by atoms with Crippen molar-refractivity contribution in [2.24, 2.45) is 11.8 Å². The molecule has 278 valence electrons. The van der Waals surface area contributed by atoms with Crippen molar-refractivity contribution in [3.63, 3.8) is 0 Å². The first kappa shape index (κ1) is 32.6. The predicted octanol–water partition coefficient (Wildman–Crippen LogP) is 11.6. The molecule has 2 atom stereocenters. The first-order valence-electron chi connectivity index (χ1n) is 21.9. The van der Waals surface area contributed by atoms with E-state index in [9.17, 15) is 0 Å². The molecule has 0 saturated heterocycles. The van der Waals surface area contributed by atoms with Crippen LogP contribution in [0.25, 0.3) is 22.1 Å². The summed E-state index contributed by atoms with van der Waals surface area (Å²) in [5, 5.41) is 1.21. The molecule has 2 unspecified atom stereocenters. The quantitative estimate of drug-likeness (QED) is 0.164. The highest BCUT2D eigenvalue weighted by Crippen LogP contribution is 2.55. The van der Waals surface area contributed by atoms with Crippen molar-refractivity contribution in [1.82, 2.24) is 0 Å². The molecule has 3 nitrogen and oxygen atoms in total. The minimum atomic E-state index is 0.0402. The number of para-hydroxylation sites is 1. The number of furan rings is 1. The number of hydrogen-bond acceptors (Lipinski definition) is 3. The summed E-state index contributed by atoms with van der Waals surface area (Å²) < 4.78 is 7.24. The van der Waals surface area contributed by atoms with Crippen LogP contribution in [0.4, 0.5) is 34.3 Å². The topological polar surface area (TPSA) is 19.6 Å². The van der Waals surface area contributed by atoms with Gasteiger partial charge in [-0.3, -0.25) is 4.90 Å². The number of rotatable bonds is 5. The zero-order valence-electron chi connectivity index (χ0n) is 32.9. The number of benzene rings is 6. The molecule has 13 rings (SSSR count). The zero-order chi connectivity index (χ0) is 37.4. The SMILES string of the molecule is CCC1(c2cc3c4c(c2)N(c2ccccc2)c2oc5ccc(-c6ccccc6)cc5c2B4c2cc4c(cc2N3c2ccc3c(c2)CC3)CC4)CC2CCCC(C2)C1. The van der Waals surface area contributed by atoms with E-state index in [0.717, 1.165) is 41.8 Å². The summed E-state index contributed by atoms with van der Waals surface area (Å²) in [5.41, 5.74) is 21.7. The molecule has 4 aliphatic carbocycles. The first-order chi connectivity index (χ1) is 28.1. The number of fused-ring (bicyclic) bond motifs is 10. The van der Waals surface area contributed by atoms with Crippen molar-refractivity contribution in [3.8, 4) is 11.1 Å². The van der Waals surface area contributed by atoms with Gasteiger partial charge in [-0.25, -0.2) is 0 Å². The van der Waals surface area contributed by atoms with E-state index in [2.05, 4.69) is 138 Å². The van der Waals surface area contributed by atoms with Crippen molar-refractivity contribution in [2.45, 2.75) is 83.0 Å². The average molecular weight is 739 g/mol. The Bertz CT molecular complexity index is 2770. The molecule has 2 aliphatic heterocycles. The lowest BCUT2D eigenvalue weighted by Crippen LogP contribution is -2.61. The molecule has 3 heterocycles. The van der Waals surface area contributed by atoms with Gasteiger partial charge in [0, 0.05) is 39.3 Å². The Kier molecular flexibility index (Phi) is 6.88. The summed E-state index contributed by atoms with van der Waals surface area (Å²) in [4.78, 5) is 5.20. The van der Waals surface area contributed by atoms with Crippen LogP contribution in [-0.4, -0.2) is 6.71 Å². The third kappa shape index (κ3) is 4.67. The fraction of sp³-hybridized carbons (Fsp3) is 0.283. The van der Waals surface area contributed by atoms with Gasteiger partial charge in [0.05, 0.1) is 0 Å². The van der Waals surface area contributed by atoms with Crippen LogP contribution in [-0.2, 0) is 31.1 Å². The van der Waals surface area contributed by atoms with Gasteiger partial charge in [0.2, 0.25) is 5.88 Å². The Morgan fingerprint density at radius 1 is 0.614 bits per heavy atom. The third-order valence-electron chi connectivity index (χ3n) is 15.4. The number of aryl methyl sites for hydroxylation is 4. The summed E-state index contributed by atoms with van der Waals surface area (Å²) in [6.07, 6.45) is 14.1. The lowest BCUT2D eigenvalue weighted by atomic mass is 9.33. The standard InChI is InChI=1S/C53H47BN2O/c1-2-53(31-33-10-9-11-34(24-33)32-53)41-29-47-51-48(30-41)56(42-14-7-4-8-15-42)52-50(44-26-38(21-23-49(44)57-52)35-12-5-3-6-13-35)54(51)45-27-39-18-19-40(39)28-46(45)55(47)43-22-20-36-16-17-37(36)25-43/h3-8,12-15,20-23,25-30,33-34H,2,9-11,16-19,24,31-32H2,1H3. The molecule has 7 aromatic rings. The fourth-order valence-corrected chi connectivity index (χ4v) is 12.4. The van der Waals surface area contributed by atoms with E-state index in [4.69, 9.17) is 4.42 Å². The Labute approximate surface area is 336 Å². The van der Waals surface area contributed by atoms with Gasteiger partial charge in [-0.1, -0.05) is 92.9 Å². The second-order valence-corrected chi connectivity index (χ2v) is 18.3. The van der Waals surface area contributed by atoms with Gasteiger partial charge in [0.15, 0.2) is 0 Å². The second kappa shape index (κ2) is 12.0. The van der Waals surface area contributed by atoms with Gasteiger partial charge in [0.1, 0.15) is 5.58 Å². The average Bonchev–Trinajstić information content (AvgIpc) is 3.60. The van der Waals surface area contributed by atoms with E-state index >= 15 is 0 Å². The monoisotopic (exact) mass is 738 g/mol. The first-order valence-corrected chi connectivity index (χ1v) is 21.9. The summed E-state index contributed by atoms with van der Waals surface area (Å²) in [6.45, 7) is 2.52. The number of anilines is 6. The highest BCUT2D eigenvalue weighted by molar-refractivity contribution is 7.01. The highest BCUT2D eigenvalue weighted by Gasteiger charge is 2.49. The molecule has 0 radical (unpaired) electrons. The van der Waals surface area contributed by atoms with Crippen LogP contribution in [0.1, 0.15) is 79.7 Å². The van der Waals surface area contributed by atoms with Gasteiger partial charge < -0.3 is 9.32 Å². The van der Waals surface area contributed by atoms with E-state index < -0.39 is 0 Å². The van der Waals surface area contributed by atoms with Crippen molar-refractivity contribution in [2.75, 3.05) is 9.80 Å². The Morgan fingerprint density at radius 3 is 2.04 bits per heavy atom. The highest BCUT2D eigenvalue weighted by atomic mass is 16.4. The van der Waals surface area contributed by atoms with E-state index in [-0.39, 0.29) is 12.1 Å². The van der Waals surface area contributed by atoms with Gasteiger partial charge >= 0.3 is 0 Å². The van der Waals surface area contributed by atoms with E-state index in [1.165, 1.54) is 141 Å². The third-order valence-corrected chi connectivity index (χ3v) is 15.4. The van der Waals surface area contributed by atoms with E-state index in [1.807, 2.05) is 0 Å². The molecule has 0 amide bonds. The molecule has 1 aromatic heterocycles. The van der Waals surface area contributed by atoms with Gasteiger partial charge in [-0.15, -0.1) is 0 Å². The maximum absolute atomic E-state index is 7.24. The predicted molar refractivity (Wildman–Crippen MR) is 237 cm³/mol. The molecule has 2 bridgehead atoms. The second-order valence-electron chi connectivity index (χ2n) is 18.3. The van der Waals surface area contributed by atoms with Crippen molar-refractivity contribution in [1.29, 1.82) is 0 Å². The molecule has 0 N–H and O–H groups in total. The molecule has 4 heteroatoms. The fourth-order valence-electron chi connectivity index (χ4n) is 12.4. The molecule has 57 heavy (non-hydrogen) atoms. The van der Waals surface area contributed by atoms with Crippen molar-refractivity contribution < 1.29 is 4.42 Å². The van der Waals surface area contributed by atoms with Crippen molar-refractivity contribution >= 4 is 68.4 Å². The molecule has 2 fully saturated rings. The smallest absolute Gasteiger partial charge is 0.257 e. The van der Waals surface area contributed by atoms with Crippen LogP contribution in [0.5, 0.6) is 0 Å². The minimum absolute atomic E-state index is 0.0402. The largest absolute Gasteiger partial charge is 0.440 e. The number of hydrogen-bond donors (Lipinski definition) is 0. The molecular formula is C53H47BN2O. The lowest BCUT2D eigenvalue weighted by molar-refractivity contribution is 0.106. The van der Waals surface area contributed by atoms with Crippen LogP contribution >= 0.6 is 0 Å². The molecular weight excluding hydrogens is 691 g/mol. The molecule has 6 aliphatic rings. The summed E-state index contributed by atoms with van der Waals surface area (Å²) in [5.74, 6) is 2.62. The maximum Gasteiger partial charge on any atom is 0.257 e. The Balaban J connectivity index is 1.14. The van der Waals surface area contributed by atoms with Gasteiger partial charge in [-0.05, 0) is 173 Å². The normalized spacial score (nSPS) is 22.2. The zero-order valence-corrected chi connectivity index (χ0v) is 32.9. The summed E-state index contributed by atoms with van der Waals surface area (Å²) in [7, 11) is 0. The van der Waals surface area contributed by atoms with E-state index in [0.29, 0.717) is 0 Å². The van der Waals surface area contributed by atoms with Crippen LogP contribution in [0, 0.1) is 11.8 Å². The van der Waals surface area contributed by atoms with Crippen molar-refractivity contribution in [3.05, 3.63) is 149 Å². The van der Waals surface area contributed by atoms with E-state index in [1.54, 1.807) is 0 Å². The van der Waals surface area contributed by atoms with Crippen LogP contribution < -0.4 is 26.2 Å². The summed E-state index contributed by atoms with van der Waals surface area (Å²) in [6, 6.07) is 46.6. The Morgan fingerprint density at radius 2 is 1.32 bits per heavy atom. The van der Waals surface area contributed by atoms with Gasteiger partial charge in [-0.2, -0.15) is 0 Å². The van der Waals surface area contributed by atoms with Gasteiger partial charge in [0.25, 0.3) is 6.71 Å². The number of nitrogens with zero attached hydrogens (tertiary/aromatic N) is 2. The Hall–Kier alpha value is -5.48. The lowest BCUT2D eigenvalue weighted by Gasteiger charge is -2.49. The summed E-state index contributed by atoms with van der Waals surface area (Å²) >= 11 is 0. The molecule has 2 saturated carbocycles. The minimum Gasteiger partial charge on any atom is -0.440 e. The van der Waals surface area contributed by atoms with Crippen LogP contribution in [0.2, 0.25) is 0 Å². The molecule has 6 aromatic carbocycles. The van der Waals surface area contributed by atoms with Crippen LogP contribution in [0.3, 0.4) is 0 Å². The molecule has 0 spiro atoms. The maximum atomic E-state index is 7.24.